The van der Waals surface area contributed by atoms with Gasteiger partial charge in [-0.1, -0.05) is 48.5 Å². The zero-order valence-electron chi connectivity index (χ0n) is 17.4. The standard InChI is InChI=1S/C28H23N3/c29-17-24-25(31-14-2-1-3-15-31)16-23(18-10-12-20(30)13-11-18)27-21-8-4-6-19-7-5-9-22(26(19)21)28(24)27/h4-13,16H,1-3,14-15,30H2. The lowest BCUT2D eigenvalue weighted by atomic mass is 9.88. The Bertz CT molecular complexity index is 1370. The van der Waals surface area contributed by atoms with Gasteiger partial charge in [-0.3, -0.25) is 0 Å². The Hall–Kier alpha value is -3.77. The minimum Gasteiger partial charge on any atom is -0.399 e. The van der Waals surface area contributed by atoms with E-state index in [4.69, 9.17) is 5.73 Å². The third kappa shape index (κ3) is 2.65. The number of hydrogen-bond acceptors (Lipinski definition) is 3. The summed E-state index contributed by atoms with van der Waals surface area (Å²) in [6.45, 7) is 2.01. The minimum absolute atomic E-state index is 0.760. The number of rotatable bonds is 2. The third-order valence-electron chi connectivity index (χ3n) is 6.78. The number of nitrogen functional groups attached to an aromatic ring is 1. The fourth-order valence-corrected chi connectivity index (χ4v) is 5.36. The molecule has 4 aromatic carbocycles. The summed E-state index contributed by atoms with van der Waals surface area (Å²) in [5.74, 6) is 0. The van der Waals surface area contributed by atoms with Crippen molar-refractivity contribution in [1.82, 2.24) is 0 Å². The number of anilines is 2. The molecule has 1 fully saturated rings. The second-order valence-corrected chi connectivity index (χ2v) is 8.56. The van der Waals surface area contributed by atoms with Crippen molar-refractivity contribution in [3.05, 3.63) is 72.3 Å². The Morgan fingerprint density at radius 2 is 1.45 bits per heavy atom. The van der Waals surface area contributed by atoms with Gasteiger partial charge in [-0.05, 0) is 76.1 Å². The quantitative estimate of drug-likeness (QED) is 0.339. The monoisotopic (exact) mass is 401 g/mol. The Morgan fingerprint density at radius 1 is 0.774 bits per heavy atom. The van der Waals surface area contributed by atoms with Crippen LogP contribution in [0.4, 0.5) is 11.4 Å². The molecule has 0 atom stereocenters. The van der Waals surface area contributed by atoms with E-state index >= 15 is 0 Å². The van der Waals surface area contributed by atoms with Crippen molar-refractivity contribution in [2.24, 2.45) is 0 Å². The van der Waals surface area contributed by atoms with Crippen molar-refractivity contribution >= 4 is 22.1 Å². The van der Waals surface area contributed by atoms with Gasteiger partial charge in [-0.25, -0.2) is 0 Å². The third-order valence-corrected chi connectivity index (χ3v) is 6.78. The molecule has 2 aliphatic rings. The number of nitrogens with two attached hydrogens (primary N) is 1. The molecule has 0 unspecified atom stereocenters. The lowest BCUT2D eigenvalue weighted by molar-refractivity contribution is 0.577. The molecule has 150 valence electrons. The van der Waals surface area contributed by atoms with E-state index in [0.29, 0.717) is 0 Å². The molecule has 4 aromatic rings. The van der Waals surface area contributed by atoms with Gasteiger partial charge in [0, 0.05) is 24.3 Å². The first-order chi connectivity index (χ1) is 15.3. The lowest BCUT2D eigenvalue weighted by Gasteiger charge is -2.31. The summed E-state index contributed by atoms with van der Waals surface area (Å²) < 4.78 is 0. The van der Waals surface area contributed by atoms with Crippen LogP contribution in [0.5, 0.6) is 0 Å². The van der Waals surface area contributed by atoms with Crippen LogP contribution in [0, 0.1) is 11.3 Å². The number of benzene rings is 4. The van der Waals surface area contributed by atoms with Crippen LogP contribution in [0.2, 0.25) is 0 Å². The lowest BCUT2D eigenvalue weighted by Crippen LogP contribution is -2.30. The first kappa shape index (κ1) is 18.0. The van der Waals surface area contributed by atoms with E-state index in [0.717, 1.165) is 41.2 Å². The molecule has 0 saturated carbocycles. The zero-order valence-corrected chi connectivity index (χ0v) is 17.4. The highest BCUT2D eigenvalue weighted by atomic mass is 15.1. The Morgan fingerprint density at radius 3 is 2.13 bits per heavy atom. The molecule has 0 radical (unpaired) electrons. The maximum absolute atomic E-state index is 10.4. The fraction of sp³-hybridized carbons (Fsp3) is 0.179. The molecular formula is C28H23N3. The van der Waals surface area contributed by atoms with Crippen LogP contribution in [-0.4, -0.2) is 13.1 Å². The van der Waals surface area contributed by atoms with E-state index in [1.54, 1.807) is 0 Å². The average molecular weight is 402 g/mol. The molecule has 1 aliphatic carbocycles. The molecule has 2 N–H and O–H groups in total. The number of piperidine rings is 1. The van der Waals surface area contributed by atoms with Gasteiger partial charge < -0.3 is 10.6 Å². The van der Waals surface area contributed by atoms with Gasteiger partial charge in [0.1, 0.15) is 6.07 Å². The molecule has 1 saturated heterocycles. The van der Waals surface area contributed by atoms with Gasteiger partial charge in [0.15, 0.2) is 0 Å². The molecule has 0 spiro atoms. The highest BCUT2D eigenvalue weighted by molar-refractivity contribution is 6.20. The summed E-state index contributed by atoms with van der Waals surface area (Å²) in [6.07, 6.45) is 3.61. The summed E-state index contributed by atoms with van der Waals surface area (Å²) >= 11 is 0. The second kappa shape index (κ2) is 6.89. The van der Waals surface area contributed by atoms with Gasteiger partial charge in [0.25, 0.3) is 0 Å². The first-order valence-corrected chi connectivity index (χ1v) is 11.0. The first-order valence-electron chi connectivity index (χ1n) is 11.0. The van der Waals surface area contributed by atoms with Gasteiger partial charge in [-0.15, -0.1) is 0 Å². The number of nitrogens with zero attached hydrogens (tertiary/aromatic N) is 2. The van der Waals surface area contributed by atoms with Crippen molar-refractivity contribution in [2.45, 2.75) is 19.3 Å². The molecule has 6 rings (SSSR count). The summed E-state index contributed by atoms with van der Waals surface area (Å²) in [6, 6.07) is 25.9. The highest BCUT2D eigenvalue weighted by Crippen LogP contribution is 2.54. The predicted molar refractivity (Wildman–Crippen MR) is 129 cm³/mol. The maximum atomic E-state index is 10.4. The molecule has 3 heteroatoms. The normalized spacial score (nSPS) is 14.5. The van der Waals surface area contributed by atoms with Crippen LogP contribution in [0.3, 0.4) is 0 Å². The molecule has 1 heterocycles. The van der Waals surface area contributed by atoms with Crippen molar-refractivity contribution in [3.63, 3.8) is 0 Å². The zero-order chi connectivity index (χ0) is 20.9. The molecule has 1 aliphatic heterocycles. The maximum Gasteiger partial charge on any atom is 0.102 e. The van der Waals surface area contributed by atoms with Crippen LogP contribution < -0.4 is 10.6 Å². The molecule has 0 bridgehead atoms. The Kier molecular flexibility index (Phi) is 4.01. The summed E-state index contributed by atoms with van der Waals surface area (Å²) in [7, 11) is 0. The Balaban J connectivity index is 1.73. The highest BCUT2D eigenvalue weighted by Gasteiger charge is 2.30. The fourth-order valence-electron chi connectivity index (χ4n) is 5.36. The van der Waals surface area contributed by atoms with Crippen molar-refractivity contribution < 1.29 is 0 Å². The molecule has 31 heavy (non-hydrogen) atoms. The second-order valence-electron chi connectivity index (χ2n) is 8.56. The number of nitriles is 1. The van der Waals surface area contributed by atoms with E-state index in [-0.39, 0.29) is 0 Å². The molecule has 0 aromatic heterocycles. The number of fused-ring (bicyclic) bond motifs is 3. The summed E-state index contributed by atoms with van der Waals surface area (Å²) in [5, 5.41) is 12.8. The van der Waals surface area contributed by atoms with Gasteiger partial charge >= 0.3 is 0 Å². The van der Waals surface area contributed by atoms with Crippen LogP contribution in [-0.2, 0) is 0 Å². The van der Waals surface area contributed by atoms with Crippen molar-refractivity contribution in [2.75, 3.05) is 23.7 Å². The molecule has 0 amide bonds. The van der Waals surface area contributed by atoms with Gasteiger partial charge in [0.2, 0.25) is 0 Å². The van der Waals surface area contributed by atoms with E-state index in [9.17, 15) is 5.26 Å². The van der Waals surface area contributed by atoms with Crippen molar-refractivity contribution in [3.8, 4) is 39.4 Å². The smallest absolute Gasteiger partial charge is 0.102 e. The average Bonchev–Trinajstić information content (AvgIpc) is 3.16. The Labute approximate surface area is 182 Å². The van der Waals surface area contributed by atoms with E-state index in [1.165, 1.54) is 52.3 Å². The topological polar surface area (TPSA) is 53.0 Å². The van der Waals surface area contributed by atoms with Crippen LogP contribution in [0.25, 0.3) is 44.2 Å². The minimum atomic E-state index is 0.760. The summed E-state index contributed by atoms with van der Waals surface area (Å²) in [4.78, 5) is 2.41. The van der Waals surface area contributed by atoms with E-state index < -0.39 is 0 Å². The molecule has 3 nitrogen and oxygen atoms in total. The van der Waals surface area contributed by atoms with E-state index in [2.05, 4.69) is 65.6 Å². The van der Waals surface area contributed by atoms with Gasteiger partial charge in [0.05, 0.1) is 11.3 Å². The largest absolute Gasteiger partial charge is 0.399 e. The van der Waals surface area contributed by atoms with Crippen LogP contribution >= 0.6 is 0 Å². The van der Waals surface area contributed by atoms with Crippen LogP contribution in [0.1, 0.15) is 24.8 Å². The predicted octanol–water partition coefficient (Wildman–Crippen LogP) is 6.60. The van der Waals surface area contributed by atoms with Crippen molar-refractivity contribution in [1.29, 1.82) is 5.26 Å². The van der Waals surface area contributed by atoms with Gasteiger partial charge in [-0.2, -0.15) is 5.26 Å². The SMILES string of the molecule is N#Cc1c(N2CCCCC2)cc(-c2ccc(N)cc2)c2c1-c1cccc3cccc-2c13. The van der Waals surface area contributed by atoms with Crippen LogP contribution in [0.15, 0.2) is 66.7 Å². The molecular weight excluding hydrogens is 378 g/mol. The summed E-state index contributed by atoms with van der Waals surface area (Å²) in [5.41, 5.74) is 15.6. The number of hydrogen-bond donors (Lipinski definition) is 1. The van der Waals surface area contributed by atoms with E-state index in [1.807, 2.05) is 12.1 Å².